The van der Waals surface area contributed by atoms with Crippen LogP contribution in [0.3, 0.4) is 0 Å². The maximum atomic E-state index is 10.8. The Hall–Kier alpha value is -1.26. The minimum Gasteiger partial charge on any atom is -0.478 e. The van der Waals surface area contributed by atoms with Gasteiger partial charge < -0.3 is 15.2 Å². The Morgan fingerprint density at radius 2 is 2.39 bits per heavy atom. The third-order valence-corrected chi connectivity index (χ3v) is 3.42. The third-order valence-electron chi connectivity index (χ3n) is 3.11. The molecule has 18 heavy (non-hydrogen) atoms. The van der Waals surface area contributed by atoms with Crippen LogP contribution in [0.1, 0.15) is 23.2 Å². The lowest BCUT2D eigenvalue weighted by molar-refractivity contribution is 0.0697. The molecule has 0 aromatic heterocycles. The predicted octanol–water partition coefficient (Wildman–Crippen LogP) is 2.88. The molecule has 1 atom stereocenters. The Bertz CT molecular complexity index is 430. The number of carboxylic acid groups (broad SMARTS) is 1. The van der Waals surface area contributed by atoms with E-state index >= 15 is 0 Å². The van der Waals surface area contributed by atoms with E-state index in [0.717, 1.165) is 38.3 Å². The minimum absolute atomic E-state index is 0.203. The minimum atomic E-state index is -0.966. The van der Waals surface area contributed by atoms with Gasteiger partial charge in [0.15, 0.2) is 0 Å². The summed E-state index contributed by atoms with van der Waals surface area (Å²) >= 11 is 6.02. The van der Waals surface area contributed by atoms with Crippen LogP contribution in [0, 0.1) is 5.92 Å². The molecule has 1 aromatic rings. The highest BCUT2D eigenvalue weighted by molar-refractivity contribution is 6.33. The maximum Gasteiger partial charge on any atom is 0.335 e. The van der Waals surface area contributed by atoms with Gasteiger partial charge >= 0.3 is 5.97 Å². The summed E-state index contributed by atoms with van der Waals surface area (Å²) in [6.07, 6.45) is 2.16. The molecule has 1 heterocycles. The van der Waals surface area contributed by atoms with E-state index in [-0.39, 0.29) is 5.56 Å². The number of hydrogen-bond acceptors (Lipinski definition) is 3. The van der Waals surface area contributed by atoms with Gasteiger partial charge in [0.2, 0.25) is 0 Å². The number of hydrogen-bond donors (Lipinski definition) is 2. The molecule has 0 saturated carbocycles. The molecular weight excluding hydrogens is 254 g/mol. The Morgan fingerprint density at radius 3 is 3.00 bits per heavy atom. The van der Waals surface area contributed by atoms with Crippen LogP contribution in [-0.4, -0.2) is 30.8 Å². The molecule has 1 aromatic carbocycles. The molecule has 0 bridgehead atoms. The molecule has 4 nitrogen and oxygen atoms in total. The summed E-state index contributed by atoms with van der Waals surface area (Å²) < 4.78 is 5.31. The molecule has 2 rings (SSSR count). The number of ether oxygens (including phenoxy) is 1. The lowest BCUT2D eigenvalue weighted by Gasteiger charge is -2.11. The quantitative estimate of drug-likeness (QED) is 0.863. The van der Waals surface area contributed by atoms with Crippen molar-refractivity contribution in [3.8, 4) is 0 Å². The third kappa shape index (κ3) is 3.37. The second-order valence-electron chi connectivity index (χ2n) is 4.44. The van der Waals surface area contributed by atoms with Crippen molar-refractivity contribution in [3.05, 3.63) is 28.8 Å². The first-order chi connectivity index (χ1) is 8.66. The molecule has 98 valence electrons. The summed E-state index contributed by atoms with van der Waals surface area (Å²) in [5.74, 6) is -0.346. The largest absolute Gasteiger partial charge is 0.478 e. The van der Waals surface area contributed by atoms with E-state index in [4.69, 9.17) is 21.4 Å². The Morgan fingerprint density at radius 1 is 1.56 bits per heavy atom. The van der Waals surface area contributed by atoms with Crippen molar-refractivity contribution in [1.29, 1.82) is 0 Å². The molecule has 1 aliphatic rings. The lowest BCUT2D eigenvalue weighted by Crippen LogP contribution is -2.09. The molecule has 5 heteroatoms. The van der Waals surface area contributed by atoms with Crippen LogP contribution >= 0.6 is 11.6 Å². The fraction of sp³-hybridized carbons (Fsp3) is 0.462. The molecular formula is C13H16ClNO3. The summed E-state index contributed by atoms with van der Waals surface area (Å²) in [7, 11) is 0. The van der Waals surface area contributed by atoms with Gasteiger partial charge in [-0.3, -0.25) is 0 Å². The van der Waals surface area contributed by atoms with Crippen molar-refractivity contribution in [3.63, 3.8) is 0 Å². The highest BCUT2D eigenvalue weighted by Crippen LogP contribution is 2.24. The standard InChI is InChI=1S/C13H16ClNO3/c14-11-7-10(13(16)17)1-2-12(11)15-5-3-9-4-6-18-8-9/h1-2,7,9,15H,3-6,8H2,(H,16,17). The SMILES string of the molecule is O=C(O)c1ccc(NCCC2CCOC2)c(Cl)c1. The molecule has 0 amide bonds. The highest BCUT2D eigenvalue weighted by atomic mass is 35.5. The second-order valence-corrected chi connectivity index (χ2v) is 4.85. The normalized spacial score (nSPS) is 18.8. The molecule has 0 radical (unpaired) electrons. The number of carboxylic acids is 1. The van der Waals surface area contributed by atoms with Crippen molar-refractivity contribution < 1.29 is 14.6 Å². The average molecular weight is 270 g/mol. The zero-order chi connectivity index (χ0) is 13.0. The van der Waals surface area contributed by atoms with Crippen LogP contribution in [0.2, 0.25) is 5.02 Å². The lowest BCUT2D eigenvalue weighted by atomic mass is 10.1. The first-order valence-electron chi connectivity index (χ1n) is 6.01. The number of halogens is 1. The summed E-state index contributed by atoms with van der Waals surface area (Å²) in [5.41, 5.74) is 0.982. The van der Waals surface area contributed by atoms with Crippen LogP contribution in [0.5, 0.6) is 0 Å². The summed E-state index contributed by atoms with van der Waals surface area (Å²) in [5, 5.41) is 12.5. The summed E-state index contributed by atoms with van der Waals surface area (Å²) in [6, 6.07) is 4.72. The number of anilines is 1. The van der Waals surface area contributed by atoms with E-state index in [1.165, 1.54) is 6.07 Å². The monoisotopic (exact) mass is 269 g/mol. The topological polar surface area (TPSA) is 58.6 Å². The second kappa shape index (κ2) is 6.07. The average Bonchev–Trinajstić information content (AvgIpc) is 2.84. The van der Waals surface area contributed by atoms with E-state index in [1.807, 2.05) is 0 Å². The van der Waals surface area contributed by atoms with Gasteiger partial charge in [0.05, 0.1) is 16.3 Å². The Balaban J connectivity index is 1.87. The first-order valence-corrected chi connectivity index (χ1v) is 6.39. The molecule has 1 saturated heterocycles. The number of carbonyl (C=O) groups is 1. The zero-order valence-electron chi connectivity index (χ0n) is 9.99. The van der Waals surface area contributed by atoms with Crippen molar-refractivity contribution >= 4 is 23.3 Å². The van der Waals surface area contributed by atoms with Crippen molar-refractivity contribution in [2.75, 3.05) is 25.1 Å². The van der Waals surface area contributed by atoms with Gasteiger partial charge in [-0.2, -0.15) is 0 Å². The summed E-state index contributed by atoms with van der Waals surface area (Å²) in [6.45, 7) is 2.52. The first kappa shape index (κ1) is 13.2. The van der Waals surface area contributed by atoms with E-state index in [9.17, 15) is 4.79 Å². The van der Waals surface area contributed by atoms with Crippen molar-refractivity contribution in [2.24, 2.45) is 5.92 Å². The van der Waals surface area contributed by atoms with E-state index < -0.39 is 5.97 Å². The maximum absolute atomic E-state index is 10.8. The Labute approximate surface area is 111 Å². The van der Waals surface area contributed by atoms with Gasteiger partial charge in [-0.15, -0.1) is 0 Å². The van der Waals surface area contributed by atoms with Gasteiger partial charge in [0.25, 0.3) is 0 Å². The van der Waals surface area contributed by atoms with E-state index in [1.54, 1.807) is 12.1 Å². The van der Waals surface area contributed by atoms with Crippen LogP contribution in [0.15, 0.2) is 18.2 Å². The van der Waals surface area contributed by atoms with Crippen molar-refractivity contribution in [1.82, 2.24) is 0 Å². The van der Waals surface area contributed by atoms with Gasteiger partial charge in [0, 0.05) is 19.8 Å². The molecule has 0 spiro atoms. The van der Waals surface area contributed by atoms with Crippen LogP contribution in [0.25, 0.3) is 0 Å². The smallest absolute Gasteiger partial charge is 0.335 e. The molecule has 1 fully saturated rings. The van der Waals surface area contributed by atoms with Crippen LogP contribution in [-0.2, 0) is 4.74 Å². The van der Waals surface area contributed by atoms with Gasteiger partial charge in [-0.1, -0.05) is 11.6 Å². The molecule has 0 aliphatic carbocycles. The highest BCUT2D eigenvalue weighted by Gasteiger charge is 2.15. The Kier molecular flexibility index (Phi) is 4.44. The van der Waals surface area contributed by atoms with Gasteiger partial charge in [-0.05, 0) is 37.0 Å². The van der Waals surface area contributed by atoms with Crippen molar-refractivity contribution in [2.45, 2.75) is 12.8 Å². The fourth-order valence-electron chi connectivity index (χ4n) is 2.01. The van der Waals surface area contributed by atoms with Gasteiger partial charge in [-0.25, -0.2) is 4.79 Å². The van der Waals surface area contributed by atoms with Crippen LogP contribution in [0.4, 0.5) is 5.69 Å². The molecule has 1 aliphatic heterocycles. The number of aromatic carboxylic acids is 1. The number of nitrogens with one attached hydrogen (secondary N) is 1. The van der Waals surface area contributed by atoms with Gasteiger partial charge in [0.1, 0.15) is 0 Å². The van der Waals surface area contributed by atoms with E-state index in [2.05, 4.69) is 5.32 Å². The number of rotatable bonds is 5. The fourth-order valence-corrected chi connectivity index (χ4v) is 2.26. The predicted molar refractivity (Wildman–Crippen MR) is 70.4 cm³/mol. The van der Waals surface area contributed by atoms with E-state index in [0.29, 0.717) is 10.9 Å². The molecule has 2 N–H and O–H groups in total. The zero-order valence-corrected chi connectivity index (χ0v) is 10.7. The molecule has 1 unspecified atom stereocenters. The summed E-state index contributed by atoms with van der Waals surface area (Å²) in [4.78, 5) is 10.8. The number of benzene rings is 1. The van der Waals surface area contributed by atoms with Crippen LogP contribution < -0.4 is 5.32 Å².